The number of carboxylic acids is 2. The van der Waals surface area contributed by atoms with Gasteiger partial charge in [-0.2, -0.15) is 26.3 Å². The van der Waals surface area contributed by atoms with Crippen molar-refractivity contribution in [2.75, 3.05) is 26.4 Å². The lowest BCUT2D eigenvalue weighted by molar-refractivity contribution is -0.142. The molecule has 0 amide bonds. The van der Waals surface area contributed by atoms with E-state index in [1.165, 1.54) is 24.3 Å². The molecule has 0 bridgehead atoms. The minimum absolute atomic E-state index is 0.0242. The van der Waals surface area contributed by atoms with Crippen LogP contribution >= 0.6 is 0 Å². The summed E-state index contributed by atoms with van der Waals surface area (Å²) in [4.78, 5) is 22.7. The first kappa shape index (κ1) is 51.4. The Bertz CT molecular complexity index is 2590. The number of carboxylic acid groups (broad SMARTS) is 2. The van der Waals surface area contributed by atoms with Gasteiger partial charge in [-0.25, -0.2) is 0 Å². The van der Waals surface area contributed by atoms with Crippen LogP contribution in [0.15, 0.2) is 69.7 Å². The summed E-state index contributed by atoms with van der Waals surface area (Å²) in [5.74, 6) is 0.0571. The summed E-state index contributed by atoms with van der Waals surface area (Å²) in [6.45, 7) is 8.80. The standard InChI is InChI=1S/2C26H28F3NO5/c2*1-3-5-20-22(11-10-21-23(20)35-30-24(21)26(27,28)29)34-13-4-12-33-17-7-9-19-16(14-17)6-8-18(19)15(2)25(31)32/h2*7,9-11,14-15,18H,3-6,8,12-13H2,1-2H3,(H,31,32)/t2*15-,18-/m10/s1. The van der Waals surface area contributed by atoms with Gasteiger partial charge in [0.05, 0.1) is 49.0 Å². The van der Waals surface area contributed by atoms with Crippen LogP contribution in [0.1, 0.15) is 123 Å². The van der Waals surface area contributed by atoms with E-state index in [0.717, 1.165) is 59.4 Å². The van der Waals surface area contributed by atoms with Gasteiger partial charge in [-0.05, 0) is 121 Å². The van der Waals surface area contributed by atoms with Gasteiger partial charge in [0, 0.05) is 24.0 Å². The first-order valence-corrected chi connectivity index (χ1v) is 23.6. The van der Waals surface area contributed by atoms with Gasteiger partial charge in [0.15, 0.2) is 22.6 Å². The lowest BCUT2D eigenvalue weighted by Crippen LogP contribution is -2.17. The molecule has 18 heteroatoms. The van der Waals surface area contributed by atoms with Crippen molar-refractivity contribution in [3.63, 3.8) is 0 Å². The monoisotopic (exact) mass is 982 g/mol. The predicted molar refractivity (Wildman–Crippen MR) is 246 cm³/mol. The van der Waals surface area contributed by atoms with E-state index in [1.807, 2.05) is 50.2 Å². The molecular weight excluding hydrogens is 927 g/mol. The fraction of sp³-hybridized carbons (Fsp3) is 0.462. The summed E-state index contributed by atoms with van der Waals surface area (Å²) < 4.78 is 113. The van der Waals surface area contributed by atoms with Gasteiger partial charge in [0.2, 0.25) is 0 Å². The normalized spacial score (nSPS) is 16.3. The predicted octanol–water partition coefficient (Wildman–Crippen LogP) is 12.8. The summed E-state index contributed by atoms with van der Waals surface area (Å²) >= 11 is 0. The maximum absolute atomic E-state index is 13.2. The highest BCUT2D eigenvalue weighted by molar-refractivity contribution is 5.86. The zero-order chi connectivity index (χ0) is 50.3. The van der Waals surface area contributed by atoms with E-state index in [1.54, 1.807) is 13.8 Å². The van der Waals surface area contributed by atoms with Crippen LogP contribution in [-0.4, -0.2) is 58.9 Å². The second-order valence-electron chi connectivity index (χ2n) is 17.8. The Hall–Kier alpha value is -6.46. The Morgan fingerprint density at radius 3 is 1.36 bits per heavy atom. The number of carbonyl (C=O) groups is 2. The zero-order valence-electron chi connectivity index (χ0n) is 39.3. The van der Waals surface area contributed by atoms with Crippen LogP contribution in [0.5, 0.6) is 23.0 Å². The fourth-order valence-electron chi connectivity index (χ4n) is 9.41. The van der Waals surface area contributed by atoms with Crippen LogP contribution in [0.25, 0.3) is 21.9 Å². The molecule has 0 fully saturated rings. The highest BCUT2D eigenvalue weighted by Crippen LogP contribution is 2.43. The van der Waals surface area contributed by atoms with E-state index in [-0.39, 0.29) is 33.8 Å². The van der Waals surface area contributed by atoms with Gasteiger partial charge in [-0.3, -0.25) is 9.59 Å². The molecule has 2 aliphatic rings. The van der Waals surface area contributed by atoms with E-state index in [4.69, 9.17) is 28.0 Å². The van der Waals surface area contributed by atoms with Crippen molar-refractivity contribution in [1.29, 1.82) is 0 Å². The summed E-state index contributed by atoms with van der Waals surface area (Å²) in [5.41, 5.74) is 3.75. The van der Waals surface area contributed by atoms with Crippen LogP contribution in [0.2, 0.25) is 0 Å². The Balaban J connectivity index is 0.000000206. The van der Waals surface area contributed by atoms with Gasteiger partial charge in [-0.15, -0.1) is 0 Å². The third-order valence-corrected chi connectivity index (χ3v) is 13.0. The molecule has 376 valence electrons. The topological polar surface area (TPSA) is 164 Å². The van der Waals surface area contributed by atoms with Crippen molar-refractivity contribution < 1.29 is 74.1 Å². The van der Waals surface area contributed by atoms with E-state index in [2.05, 4.69) is 10.3 Å². The number of aryl methyl sites for hydroxylation is 4. The third kappa shape index (κ3) is 11.6. The number of alkyl halides is 6. The van der Waals surface area contributed by atoms with Gasteiger partial charge >= 0.3 is 24.3 Å². The molecule has 0 spiro atoms. The molecule has 4 aromatic carbocycles. The maximum atomic E-state index is 13.2. The molecule has 2 aromatic heterocycles. The van der Waals surface area contributed by atoms with Crippen LogP contribution in [0.4, 0.5) is 26.3 Å². The van der Waals surface area contributed by atoms with Crippen LogP contribution in [-0.2, 0) is 47.6 Å². The lowest BCUT2D eigenvalue weighted by atomic mass is 9.89. The number of ether oxygens (including phenoxy) is 4. The molecule has 0 aliphatic heterocycles. The first-order valence-electron chi connectivity index (χ1n) is 23.6. The molecule has 2 heterocycles. The molecular formula is C52H56F6N2O10. The maximum Gasteiger partial charge on any atom is 0.437 e. The number of fused-ring (bicyclic) bond motifs is 4. The molecule has 0 unspecified atom stereocenters. The van der Waals surface area contributed by atoms with Crippen molar-refractivity contribution >= 4 is 33.9 Å². The zero-order valence-corrected chi connectivity index (χ0v) is 39.3. The van der Waals surface area contributed by atoms with Crippen LogP contribution in [0, 0.1) is 11.8 Å². The van der Waals surface area contributed by atoms with Crippen molar-refractivity contribution in [1.82, 2.24) is 10.3 Å². The van der Waals surface area contributed by atoms with Gasteiger partial charge in [0.25, 0.3) is 0 Å². The second-order valence-corrected chi connectivity index (χ2v) is 17.8. The fourth-order valence-corrected chi connectivity index (χ4v) is 9.41. The second kappa shape index (κ2) is 22.1. The lowest BCUT2D eigenvalue weighted by Gasteiger charge is -2.16. The quantitative estimate of drug-likeness (QED) is 0.0550. The molecule has 8 rings (SSSR count). The molecule has 2 N–H and O–H groups in total. The van der Waals surface area contributed by atoms with Crippen molar-refractivity contribution in [2.45, 2.75) is 116 Å². The summed E-state index contributed by atoms with van der Waals surface area (Å²) in [7, 11) is 0. The molecule has 6 aromatic rings. The number of aromatic nitrogens is 2. The molecule has 0 saturated carbocycles. The molecule has 12 nitrogen and oxygen atoms in total. The number of hydrogen-bond donors (Lipinski definition) is 2. The number of rotatable bonds is 20. The van der Waals surface area contributed by atoms with Gasteiger partial charge < -0.3 is 38.2 Å². The number of nitrogens with zero attached hydrogens (tertiary/aromatic N) is 2. The first-order chi connectivity index (χ1) is 33.4. The molecule has 70 heavy (non-hydrogen) atoms. The van der Waals surface area contributed by atoms with Crippen molar-refractivity contribution in [2.24, 2.45) is 11.8 Å². The Morgan fingerprint density at radius 1 is 0.614 bits per heavy atom. The highest BCUT2D eigenvalue weighted by Gasteiger charge is 2.39. The third-order valence-electron chi connectivity index (χ3n) is 13.0. The molecule has 4 atom stereocenters. The van der Waals surface area contributed by atoms with E-state index >= 15 is 0 Å². The van der Waals surface area contributed by atoms with Crippen molar-refractivity contribution in [3.05, 3.63) is 105 Å². The van der Waals surface area contributed by atoms with E-state index in [0.29, 0.717) is 87.6 Å². The minimum atomic E-state index is -4.58. The summed E-state index contributed by atoms with van der Waals surface area (Å²) in [6.07, 6.45) is -2.28. The average Bonchev–Trinajstić information content (AvgIpc) is 4.14. The number of hydrogen-bond acceptors (Lipinski definition) is 10. The smallest absolute Gasteiger partial charge is 0.437 e. The van der Waals surface area contributed by atoms with Crippen LogP contribution < -0.4 is 18.9 Å². The molecule has 0 saturated heterocycles. The molecule has 2 aliphatic carbocycles. The largest absolute Gasteiger partial charge is 0.493 e. The Kier molecular flexibility index (Phi) is 16.2. The van der Waals surface area contributed by atoms with Crippen molar-refractivity contribution in [3.8, 4) is 23.0 Å². The average molecular weight is 983 g/mol. The van der Waals surface area contributed by atoms with Gasteiger partial charge in [-0.1, -0.05) is 63.0 Å². The number of halogens is 6. The Labute approximate surface area is 400 Å². The molecule has 0 radical (unpaired) electrons. The highest BCUT2D eigenvalue weighted by atomic mass is 19.4. The summed E-state index contributed by atoms with van der Waals surface area (Å²) in [6, 6.07) is 17.3. The number of benzene rings is 4. The van der Waals surface area contributed by atoms with E-state index < -0.39 is 47.5 Å². The summed E-state index contributed by atoms with van der Waals surface area (Å²) in [5, 5.41) is 25.0. The SMILES string of the molecule is CCCc1c(OCCCOc2ccc3c(c2)CC[C@@H]3[C@@H](C)C(=O)O)ccc2c(C(F)(F)F)noc12.CCCc1c(OCCCOc2ccc3c(c2)CC[C@H]3[C@H](C)C(=O)O)ccc2c(C(F)(F)F)noc12. The van der Waals surface area contributed by atoms with Gasteiger partial charge in [0.1, 0.15) is 23.0 Å². The van der Waals surface area contributed by atoms with E-state index in [9.17, 15) is 46.1 Å². The van der Waals surface area contributed by atoms with Crippen LogP contribution in [0.3, 0.4) is 0 Å². The number of aliphatic carboxylic acids is 2. The Morgan fingerprint density at radius 2 is 1.00 bits per heavy atom. The minimum Gasteiger partial charge on any atom is -0.493 e.